The molecule has 2 aliphatic rings. The molecule has 0 bridgehead atoms. The predicted molar refractivity (Wildman–Crippen MR) is 60.1 cm³/mol. The first-order valence-corrected chi connectivity index (χ1v) is 5.69. The molecule has 0 aromatic heterocycles. The summed E-state index contributed by atoms with van der Waals surface area (Å²) in [6, 6.07) is 8.69. The van der Waals surface area contributed by atoms with Crippen molar-refractivity contribution in [3.8, 4) is 0 Å². The van der Waals surface area contributed by atoms with E-state index >= 15 is 0 Å². The fraction of sp³-hybridized carbons (Fsp3) is 0.538. The van der Waals surface area contributed by atoms with E-state index in [0.29, 0.717) is 5.92 Å². The molecule has 0 spiro atoms. The Balaban J connectivity index is 1.59. The quantitative estimate of drug-likeness (QED) is 0.807. The molecule has 1 aromatic carbocycles. The first kappa shape index (κ1) is 9.37. The Bertz CT molecular complexity index is 371. The van der Waals surface area contributed by atoms with Crippen molar-refractivity contribution in [2.75, 3.05) is 19.7 Å². The fourth-order valence-corrected chi connectivity index (χ4v) is 2.39. The van der Waals surface area contributed by atoms with Gasteiger partial charge in [-0.15, -0.1) is 0 Å². The second-order valence-electron chi connectivity index (χ2n) is 4.96. The molecule has 2 nitrogen and oxygen atoms in total. The molecule has 1 N–H and O–H groups in total. The van der Waals surface area contributed by atoms with Gasteiger partial charge in [-0.05, 0) is 24.5 Å². The van der Waals surface area contributed by atoms with E-state index in [1.165, 1.54) is 17.5 Å². The number of ether oxygens (including phenoxy) is 1. The van der Waals surface area contributed by atoms with Gasteiger partial charge in [0.05, 0.1) is 12.2 Å². The molecule has 1 fully saturated rings. The van der Waals surface area contributed by atoms with Crippen molar-refractivity contribution >= 4 is 0 Å². The maximum Gasteiger partial charge on any atom is 0.0902 e. The van der Waals surface area contributed by atoms with Crippen LogP contribution in [0.2, 0.25) is 0 Å². The highest BCUT2D eigenvalue weighted by Crippen LogP contribution is 2.35. The molecule has 0 radical (unpaired) electrons. The van der Waals surface area contributed by atoms with Gasteiger partial charge in [0.15, 0.2) is 0 Å². The highest BCUT2D eigenvalue weighted by atomic mass is 16.5. The van der Waals surface area contributed by atoms with Crippen LogP contribution in [-0.4, -0.2) is 25.3 Å². The number of rotatable bonds is 3. The van der Waals surface area contributed by atoms with E-state index < -0.39 is 0 Å². The number of benzene rings is 1. The highest BCUT2D eigenvalue weighted by Gasteiger charge is 2.35. The third-order valence-electron chi connectivity index (χ3n) is 3.59. The molecule has 1 aliphatic heterocycles. The molecule has 1 aromatic rings. The molecule has 1 atom stereocenters. The van der Waals surface area contributed by atoms with Crippen LogP contribution in [-0.2, 0) is 11.2 Å². The Kier molecular flexibility index (Phi) is 2.08. The SMILES string of the molecule is CC1(OCC2Cc3ccccc32)CNC1. The molecule has 1 unspecified atom stereocenters. The highest BCUT2D eigenvalue weighted by molar-refractivity contribution is 5.39. The molecule has 0 saturated carbocycles. The van der Waals surface area contributed by atoms with E-state index in [-0.39, 0.29) is 5.60 Å². The minimum Gasteiger partial charge on any atom is -0.372 e. The van der Waals surface area contributed by atoms with E-state index in [1.54, 1.807) is 0 Å². The van der Waals surface area contributed by atoms with Crippen molar-refractivity contribution in [2.45, 2.75) is 24.9 Å². The van der Waals surface area contributed by atoms with Gasteiger partial charge >= 0.3 is 0 Å². The van der Waals surface area contributed by atoms with Crippen LogP contribution in [0.3, 0.4) is 0 Å². The number of nitrogens with one attached hydrogen (secondary N) is 1. The van der Waals surface area contributed by atoms with Crippen molar-refractivity contribution < 1.29 is 4.74 Å². The van der Waals surface area contributed by atoms with Gasteiger partial charge in [0, 0.05) is 19.0 Å². The average molecular weight is 203 g/mol. The summed E-state index contributed by atoms with van der Waals surface area (Å²) in [7, 11) is 0. The third-order valence-corrected chi connectivity index (χ3v) is 3.59. The normalized spacial score (nSPS) is 26.3. The Hall–Kier alpha value is -0.860. The molecule has 1 saturated heterocycles. The number of fused-ring (bicyclic) bond motifs is 1. The summed E-state index contributed by atoms with van der Waals surface area (Å²) in [5, 5.41) is 3.26. The van der Waals surface area contributed by atoms with Crippen molar-refractivity contribution in [3.63, 3.8) is 0 Å². The summed E-state index contributed by atoms with van der Waals surface area (Å²) in [5.74, 6) is 0.638. The zero-order valence-corrected chi connectivity index (χ0v) is 9.12. The van der Waals surface area contributed by atoms with Crippen LogP contribution in [0.5, 0.6) is 0 Å². The molecule has 2 heteroatoms. The van der Waals surface area contributed by atoms with Crippen LogP contribution in [0, 0.1) is 0 Å². The molecule has 15 heavy (non-hydrogen) atoms. The van der Waals surface area contributed by atoms with Crippen LogP contribution < -0.4 is 5.32 Å². The molecular weight excluding hydrogens is 186 g/mol. The van der Waals surface area contributed by atoms with Gasteiger partial charge in [-0.1, -0.05) is 24.3 Å². The standard InChI is InChI=1S/C13H17NO/c1-13(8-14-9-13)15-7-11-6-10-4-2-3-5-12(10)11/h2-5,11,14H,6-9H2,1H3. The number of hydrogen-bond acceptors (Lipinski definition) is 2. The van der Waals surface area contributed by atoms with Gasteiger partial charge in [-0.25, -0.2) is 0 Å². The molecule has 3 rings (SSSR count). The predicted octanol–water partition coefficient (Wildman–Crippen LogP) is 1.70. The maximum atomic E-state index is 5.96. The lowest BCUT2D eigenvalue weighted by Crippen LogP contribution is -2.59. The first-order chi connectivity index (χ1) is 7.27. The second kappa shape index (κ2) is 3.32. The van der Waals surface area contributed by atoms with E-state index in [2.05, 4.69) is 36.5 Å². The molecule has 1 aliphatic carbocycles. The average Bonchev–Trinajstić information content (AvgIpc) is 2.17. The van der Waals surface area contributed by atoms with E-state index in [4.69, 9.17) is 4.74 Å². The van der Waals surface area contributed by atoms with Crippen LogP contribution in [0.1, 0.15) is 24.0 Å². The zero-order chi connectivity index (χ0) is 10.3. The Morgan fingerprint density at radius 1 is 1.40 bits per heavy atom. The Morgan fingerprint density at radius 3 is 2.87 bits per heavy atom. The van der Waals surface area contributed by atoms with Crippen LogP contribution >= 0.6 is 0 Å². The summed E-state index contributed by atoms with van der Waals surface area (Å²) >= 11 is 0. The van der Waals surface area contributed by atoms with Gasteiger partial charge < -0.3 is 10.1 Å². The third kappa shape index (κ3) is 1.58. The van der Waals surface area contributed by atoms with Gasteiger partial charge in [0.25, 0.3) is 0 Å². The maximum absolute atomic E-state index is 5.96. The monoisotopic (exact) mass is 203 g/mol. The lowest BCUT2D eigenvalue weighted by Gasteiger charge is -2.41. The van der Waals surface area contributed by atoms with Gasteiger partial charge in [0.2, 0.25) is 0 Å². The minimum absolute atomic E-state index is 0.102. The number of hydrogen-bond donors (Lipinski definition) is 1. The van der Waals surface area contributed by atoms with Gasteiger partial charge in [0.1, 0.15) is 0 Å². The molecule has 1 heterocycles. The summed E-state index contributed by atoms with van der Waals surface area (Å²) in [6.07, 6.45) is 1.19. The van der Waals surface area contributed by atoms with E-state index in [1.807, 2.05) is 0 Å². The molecular formula is C13H17NO. The molecule has 80 valence electrons. The minimum atomic E-state index is 0.102. The van der Waals surface area contributed by atoms with Gasteiger partial charge in [-0.3, -0.25) is 0 Å². The fourth-order valence-electron chi connectivity index (χ4n) is 2.39. The first-order valence-electron chi connectivity index (χ1n) is 5.69. The topological polar surface area (TPSA) is 21.3 Å². The van der Waals surface area contributed by atoms with Crippen LogP contribution in [0.25, 0.3) is 0 Å². The Morgan fingerprint density at radius 2 is 2.20 bits per heavy atom. The van der Waals surface area contributed by atoms with Crippen molar-refractivity contribution in [2.24, 2.45) is 0 Å². The van der Waals surface area contributed by atoms with E-state index in [9.17, 15) is 0 Å². The van der Waals surface area contributed by atoms with Gasteiger partial charge in [-0.2, -0.15) is 0 Å². The lowest BCUT2D eigenvalue weighted by atomic mass is 9.78. The van der Waals surface area contributed by atoms with E-state index in [0.717, 1.165) is 19.7 Å². The molecule has 0 amide bonds. The summed E-state index contributed by atoms with van der Waals surface area (Å²) in [5.41, 5.74) is 3.10. The summed E-state index contributed by atoms with van der Waals surface area (Å²) in [4.78, 5) is 0. The van der Waals surface area contributed by atoms with Crippen molar-refractivity contribution in [1.29, 1.82) is 0 Å². The Labute approximate surface area is 90.6 Å². The smallest absolute Gasteiger partial charge is 0.0902 e. The second-order valence-corrected chi connectivity index (χ2v) is 4.96. The largest absolute Gasteiger partial charge is 0.372 e. The van der Waals surface area contributed by atoms with Crippen LogP contribution in [0.4, 0.5) is 0 Å². The zero-order valence-electron chi connectivity index (χ0n) is 9.12. The van der Waals surface area contributed by atoms with Crippen molar-refractivity contribution in [3.05, 3.63) is 35.4 Å². The summed E-state index contributed by atoms with van der Waals surface area (Å²) < 4.78 is 5.96. The summed E-state index contributed by atoms with van der Waals surface area (Å²) in [6.45, 7) is 5.08. The van der Waals surface area contributed by atoms with Crippen molar-refractivity contribution in [1.82, 2.24) is 5.32 Å². The van der Waals surface area contributed by atoms with Crippen LogP contribution in [0.15, 0.2) is 24.3 Å². The lowest BCUT2D eigenvalue weighted by molar-refractivity contribution is -0.0737.